The Kier molecular flexibility index (Phi) is 5.80. The van der Waals surface area contributed by atoms with Gasteiger partial charge in [-0.15, -0.1) is 0 Å². The predicted molar refractivity (Wildman–Crippen MR) is 95.9 cm³/mol. The van der Waals surface area contributed by atoms with E-state index in [1.165, 1.54) is 0 Å². The molecule has 0 aliphatic heterocycles. The van der Waals surface area contributed by atoms with E-state index < -0.39 is 6.04 Å². The lowest BCUT2D eigenvalue weighted by Crippen LogP contribution is -2.41. The van der Waals surface area contributed by atoms with E-state index in [9.17, 15) is 9.59 Å². The normalized spacial score (nSPS) is 11.7. The molecule has 0 spiro atoms. The van der Waals surface area contributed by atoms with Crippen molar-refractivity contribution < 1.29 is 9.59 Å². The molecule has 23 heavy (non-hydrogen) atoms. The van der Waals surface area contributed by atoms with Gasteiger partial charge in [-0.1, -0.05) is 27.5 Å². The minimum atomic E-state index is -0.666. The van der Waals surface area contributed by atoms with Crippen molar-refractivity contribution in [1.82, 2.24) is 5.32 Å². The number of carbonyl (C=O) groups excluding carboxylic acids is 2. The number of hydrogen-bond donors (Lipinski definition) is 2. The lowest BCUT2D eigenvalue weighted by molar-refractivity contribution is -0.117. The Balaban J connectivity index is 1.99. The van der Waals surface area contributed by atoms with E-state index >= 15 is 0 Å². The third-order valence-corrected chi connectivity index (χ3v) is 4.04. The number of benzene rings is 2. The van der Waals surface area contributed by atoms with E-state index in [4.69, 9.17) is 11.6 Å². The van der Waals surface area contributed by atoms with Crippen LogP contribution in [0.25, 0.3) is 0 Å². The highest BCUT2D eigenvalue weighted by Crippen LogP contribution is 2.20. The second kappa shape index (κ2) is 7.62. The Morgan fingerprint density at radius 2 is 1.78 bits per heavy atom. The third-order valence-electron chi connectivity index (χ3n) is 3.29. The molecule has 2 amide bonds. The van der Waals surface area contributed by atoms with Gasteiger partial charge in [0.05, 0.1) is 0 Å². The van der Waals surface area contributed by atoms with Gasteiger partial charge >= 0.3 is 0 Å². The summed E-state index contributed by atoms with van der Waals surface area (Å²) in [6.45, 7) is 3.54. The molecular formula is C17H16BrClN2O2. The Morgan fingerprint density at radius 1 is 1.13 bits per heavy atom. The number of halogens is 2. The highest BCUT2D eigenvalue weighted by Gasteiger charge is 2.17. The van der Waals surface area contributed by atoms with Gasteiger partial charge in [0.2, 0.25) is 5.91 Å². The maximum absolute atomic E-state index is 12.2. The summed E-state index contributed by atoms with van der Waals surface area (Å²) in [7, 11) is 0. The van der Waals surface area contributed by atoms with Crippen LogP contribution in [0.4, 0.5) is 5.69 Å². The van der Waals surface area contributed by atoms with Crippen molar-refractivity contribution in [3.05, 3.63) is 63.1 Å². The molecule has 6 heteroatoms. The topological polar surface area (TPSA) is 58.2 Å². The summed E-state index contributed by atoms with van der Waals surface area (Å²) in [6.07, 6.45) is 0. The van der Waals surface area contributed by atoms with Crippen molar-refractivity contribution in [2.24, 2.45) is 0 Å². The van der Waals surface area contributed by atoms with E-state index in [1.807, 2.05) is 25.1 Å². The number of nitrogens with one attached hydrogen (secondary N) is 2. The Hall–Kier alpha value is -1.85. The van der Waals surface area contributed by atoms with Crippen LogP contribution in [0.5, 0.6) is 0 Å². The van der Waals surface area contributed by atoms with Crippen molar-refractivity contribution in [1.29, 1.82) is 0 Å². The van der Waals surface area contributed by atoms with Gasteiger partial charge < -0.3 is 10.6 Å². The molecule has 1 unspecified atom stereocenters. The average Bonchev–Trinajstić information content (AvgIpc) is 2.50. The van der Waals surface area contributed by atoms with E-state index in [0.29, 0.717) is 16.3 Å². The molecule has 120 valence electrons. The largest absolute Gasteiger partial charge is 0.341 e. The van der Waals surface area contributed by atoms with E-state index in [1.54, 1.807) is 31.2 Å². The molecule has 0 aliphatic carbocycles. The Labute approximate surface area is 148 Å². The zero-order valence-corrected chi connectivity index (χ0v) is 15.0. The first-order chi connectivity index (χ1) is 10.9. The van der Waals surface area contributed by atoms with Crippen LogP contribution in [0.15, 0.2) is 46.9 Å². The molecule has 0 radical (unpaired) electrons. The summed E-state index contributed by atoms with van der Waals surface area (Å²) in [4.78, 5) is 24.3. The van der Waals surface area contributed by atoms with Gasteiger partial charge in [-0.2, -0.15) is 0 Å². The van der Waals surface area contributed by atoms with Crippen LogP contribution in [0.2, 0.25) is 5.02 Å². The highest BCUT2D eigenvalue weighted by molar-refractivity contribution is 9.10. The van der Waals surface area contributed by atoms with Gasteiger partial charge in [0, 0.05) is 20.7 Å². The van der Waals surface area contributed by atoms with Crippen LogP contribution >= 0.6 is 27.5 Å². The summed E-state index contributed by atoms with van der Waals surface area (Å²) in [5.74, 6) is -0.602. The van der Waals surface area contributed by atoms with Gasteiger partial charge in [-0.05, 0) is 61.9 Å². The van der Waals surface area contributed by atoms with Crippen LogP contribution in [-0.2, 0) is 4.79 Å². The zero-order chi connectivity index (χ0) is 17.0. The molecule has 2 rings (SSSR count). The highest BCUT2D eigenvalue weighted by atomic mass is 79.9. The quantitative estimate of drug-likeness (QED) is 0.816. The molecular weight excluding hydrogens is 380 g/mol. The molecule has 2 aromatic carbocycles. The predicted octanol–water partition coefficient (Wildman–Crippen LogP) is 4.17. The van der Waals surface area contributed by atoms with Crippen molar-refractivity contribution in [3.8, 4) is 0 Å². The molecule has 2 N–H and O–H groups in total. The van der Waals surface area contributed by atoms with E-state index in [2.05, 4.69) is 26.6 Å². The second-order valence-corrected chi connectivity index (χ2v) is 6.50. The molecule has 0 fully saturated rings. The van der Waals surface area contributed by atoms with E-state index in [0.717, 1.165) is 10.0 Å². The fourth-order valence-electron chi connectivity index (χ4n) is 1.96. The molecule has 0 saturated heterocycles. The number of aryl methyl sites for hydroxylation is 1. The number of anilines is 1. The van der Waals surface area contributed by atoms with Gasteiger partial charge in [0.25, 0.3) is 5.91 Å². The van der Waals surface area contributed by atoms with Crippen LogP contribution in [0, 0.1) is 6.92 Å². The van der Waals surface area contributed by atoms with Crippen LogP contribution in [0.3, 0.4) is 0 Å². The maximum atomic E-state index is 12.2. The molecule has 2 aromatic rings. The second-order valence-electron chi connectivity index (χ2n) is 5.15. The molecule has 0 aromatic heterocycles. The van der Waals surface area contributed by atoms with Crippen molar-refractivity contribution >= 4 is 45.0 Å². The standard InChI is InChI=1S/C17H16BrClN2O2/c1-10-9-13(18)5-8-15(10)21-16(22)11(2)20-17(23)12-3-6-14(19)7-4-12/h3-9,11H,1-2H3,(H,20,23)(H,21,22). The average molecular weight is 396 g/mol. The van der Waals surface area contributed by atoms with Gasteiger partial charge in [0.1, 0.15) is 6.04 Å². The molecule has 0 heterocycles. The summed E-state index contributed by atoms with van der Waals surface area (Å²) >= 11 is 9.17. The molecule has 0 saturated carbocycles. The first-order valence-corrected chi connectivity index (χ1v) is 8.17. The summed E-state index contributed by atoms with van der Waals surface area (Å²) in [6, 6.07) is 11.4. The third kappa shape index (κ3) is 4.81. The summed E-state index contributed by atoms with van der Waals surface area (Å²) in [5, 5.41) is 6.02. The zero-order valence-electron chi connectivity index (χ0n) is 12.7. The van der Waals surface area contributed by atoms with Crippen LogP contribution in [0.1, 0.15) is 22.8 Å². The summed E-state index contributed by atoms with van der Waals surface area (Å²) in [5.41, 5.74) is 2.10. The first-order valence-electron chi connectivity index (χ1n) is 7.00. The monoisotopic (exact) mass is 394 g/mol. The van der Waals surface area contributed by atoms with Crippen molar-refractivity contribution in [2.75, 3.05) is 5.32 Å². The van der Waals surface area contributed by atoms with Gasteiger partial charge in [-0.25, -0.2) is 0 Å². The number of amides is 2. The Morgan fingerprint density at radius 3 is 2.39 bits per heavy atom. The number of hydrogen-bond acceptors (Lipinski definition) is 2. The first kappa shape index (κ1) is 17.5. The van der Waals surface area contributed by atoms with Crippen molar-refractivity contribution in [3.63, 3.8) is 0 Å². The lowest BCUT2D eigenvalue weighted by Gasteiger charge is -2.15. The molecule has 0 aliphatic rings. The van der Waals surface area contributed by atoms with E-state index in [-0.39, 0.29) is 11.8 Å². The SMILES string of the molecule is Cc1cc(Br)ccc1NC(=O)C(C)NC(=O)c1ccc(Cl)cc1. The van der Waals surface area contributed by atoms with Crippen molar-refractivity contribution in [2.45, 2.75) is 19.9 Å². The molecule has 4 nitrogen and oxygen atoms in total. The van der Waals surface area contributed by atoms with Gasteiger partial charge in [0.15, 0.2) is 0 Å². The fourth-order valence-corrected chi connectivity index (χ4v) is 2.56. The fraction of sp³-hybridized carbons (Fsp3) is 0.176. The minimum Gasteiger partial charge on any atom is -0.341 e. The molecule has 0 bridgehead atoms. The Bertz CT molecular complexity index is 732. The summed E-state index contributed by atoms with van der Waals surface area (Å²) < 4.78 is 0.942. The van der Waals surface area contributed by atoms with Gasteiger partial charge in [-0.3, -0.25) is 9.59 Å². The number of carbonyl (C=O) groups is 2. The lowest BCUT2D eigenvalue weighted by atomic mass is 10.1. The van der Waals surface area contributed by atoms with Crippen LogP contribution < -0.4 is 10.6 Å². The molecule has 1 atom stereocenters. The number of rotatable bonds is 4. The minimum absolute atomic E-state index is 0.280. The van der Waals surface area contributed by atoms with Crippen LogP contribution in [-0.4, -0.2) is 17.9 Å². The maximum Gasteiger partial charge on any atom is 0.251 e. The smallest absolute Gasteiger partial charge is 0.251 e.